The third-order valence-electron chi connectivity index (χ3n) is 4.27. The standard InChI is InChI=1S/C20H18N2O8/c1-11(23)13-4-3-5-14(8-13)21-19(24)12(2)30-20(25)15-9-17-18(29-7-6-28-17)10-16(15)22(26)27/h3-5,8-10,12H,6-7H2,1-2H3,(H,21,24). The molecule has 0 bridgehead atoms. The molecule has 10 heteroatoms. The molecule has 2 aromatic rings. The highest BCUT2D eigenvalue weighted by atomic mass is 16.6. The van der Waals surface area contributed by atoms with Crippen molar-refractivity contribution in [2.75, 3.05) is 18.5 Å². The lowest BCUT2D eigenvalue weighted by Crippen LogP contribution is -2.30. The molecular weight excluding hydrogens is 396 g/mol. The van der Waals surface area contributed by atoms with Gasteiger partial charge in [-0.15, -0.1) is 0 Å². The van der Waals surface area contributed by atoms with Crippen LogP contribution in [-0.2, 0) is 9.53 Å². The van der Waals surface area contributed by atoms with Crippen LogP contribution in [0.2, 0.25) is 0 Å². The molecular formula is C20H18N2O8. The maximum absolute atomic E-state index is 12.5. The number of fused-ring (bicyclic) bond motifs is 1. The zero-order chi connectivity index (χ0) is 21.8. The van der Waals surface area contributed by atoms with Crippen molar-refractivity contribution in [2.24, 2.45) is 0 Å². The summed E-state index contributed by atoms with van der Waals surface area (Å²) in [7, 11) is 0. The lowest BCUT2D eigenvalue weighted by molar-refractivity contribution is -0.385. The number of Topliss-reactive ketones (excluding diaryl/α,β-unsaturated/α-hetero) is 1. The molecule has 0 spiro atoms. The van der Waals surface area contributed by atoms with E-state index in [4.69, 9.17) is 14.2 Å². The van der Waals surface area contributed by atoms with Gasteiger partial charge in [-0.2, -0.15) is 0 Å². The number of ketones is 1. The number of nitrogens with one attached hydrogen (secondary N) is 1. The summed E-state index contributed by atoms with van der Waals surface area (Å²) < 4.78 is 15.8. The third-order valence-corrected chi connectivity index (χ3v) is 4.27. The van der Waals surface area contributed by atoms with E-state index in [2.05, 4.69) is 5.32 Å². The molecule has 1 N–H and O–H groups in total. The molecule has 1 aliphatic rings. The van der Waals surface area contributed by atoms with E-state index in [0.717, 1.165) is 12.1 Å². The highest BCUT2D eigenvalue weighted by Crippen LogP contribution is 2.37. The maximum atomic E-state index is 12.5. The first-order valence-corrected chi connectivity index (χ1v) is 8.97. The van der Waals surface area contributed by atoms with Crippen molar-refractivity contribution in [2.45, 2.75) is 20.0 Å². The molecule has 1 amide bonds. The van der Waals surface area contributed by atoms with Gasteiger partial charge in [0.2, 0.25) is 0 Å². The first kappa shape index (κ1) is 20.8. The van der Waals surface area contributed by atoms with Crippen molar-refractivity contribution in [3.8, 4) is 11.5 Å². The quantitative estimate of drug-likeness (QED) is 0.330. The van der Waals surface area contributed by atoms with Crippen LogP contribution in [0.3, 0.4) is 0 Å². The summed E-state index contributed by atoms with van der Waals surface area (Å²) in [4.78, 5) is 46.9. The minimum absolute atomic E-state index is 0.153. The van der Waals surface area contributed by atoms with E-state index in [1.54, 1.807) is 18.2 Å². The second-order valence-corrected chi connectivity index (χ2v) is 6.44. The molecule has 1 aliphatic heterocycles. The highest BCUT2D eigenvalue weighted by Gasteiger charge is 2.29. The highest BCUT2D eigenvalue weighted by molar-refractivity contribution is 6.00. The number of anilines is 1. The molecule has 1 heterocycles. The van der Waals surface area contributed by atoms with Crippen molar-refractivity contribution >= 4 is 29.0 Å². The van der Waals surface area contributed by atoms with Crippen LogP contribution in [0.15, 0.2) is 36.4 Å². The fraction of sp³-hybridized carbons (Fsp3) is 0.250. The minimum atomic E-state index is -1.26. The maximum Gasteiger partial charge on any atom is 0.346 e. The minimum Gasteiger partial charge on any atom is -0.486 e. The van der Waals surface area contributed by atoms with Gasteiger partial charge in [0.15, 0.2) is 23.4 Å². The predicted molar refractivity (Wildman–Crippen MR) is 104 cm³/mol. The van der Waals surface area contributed by atoms with E-state index in [1.165, 1.54) is 19.9 Å². The van der Waals surface area contributed by atoms with E-state index < -0.39 is 28.6 Å². The number of nitro benzene ring substituents is 1. The molecule has 0 aromatic heterocycles. The second kappa shape index (κ2) is 8.60. The Bertz CT molecular complexity index is 1030. The third kappa shape index (κ3) is 4.54. The topological polar surface area (TPSA) is 134 Å². The van der Waals surface area contributed by atoms with Crippen molar-refractivity contribution in [1.82, 2.24) is 0 Å². The Labute approximate surface area is 170 Å². The second-order valence-electron chi connectivity index (χ2n) is 6.44. The van der Waals surface area contributed by atoms with Gasteiger partial charge in [-0.3, -0.25) is 19.7 Å². The number of amides is 1. The van der Waals surface area contributed by atoms with Gasteiger partial charge in [-0.1, -0.05) is 12.1 Å². The summed E-state index contributed by atoms with van der Waals surface area (Å²) in [6.07, 6.45) is -1.26. The van der Waals surface area contributed by atoms with Gasteiger partial charge in [0.05, 0.1) is 11.0 Å². The number of esters is 1. The van der Waals surface area contributed by atoms with Crippen LogP contribution in [0.5, 0.6) is 11.5 Å². The average Bonchev–Trinajstić information content (AvgIpc) is 2.72. The molecule has 0 saturated heterocycles. The molecule has 1 unspecified atom stereocenters. The SMILES string of the molecule is CC(=O)c1cccc(NC(=O)C(C)OC(=O)c2cc3c(cc2[N+](=O)[O-])OCCO3)c1. The lowest BCUT2D eigenvalue weighted by atomic mass is 10.1. The molecule has 10 nitrogen and oxygen atoms in total. The van der Waals surface area contributed by atoms with Crippen LogP contribution < -0.4 is 14.8 Å². The van der Waals surface area contributed by atoms with Crippen molar-refractivity contribution in [1.29, 1.82) is 0 Å². The Morgan fingerprint density at radius 1 is 1.13 bits per heavy atom. The van der Waals surface area contributed by atoms with Gasteiger partial charge in [0.1, 0.15) is 18.8 Å². The van der Waals surface area contributed by atoms with E-state index in [9.17, 15) is 24.5 Å². The normalized spacial score (nSPS) is 13.1. The van der Waals surface area contributed by atoms with Gasteiger partial charge < -0.3 is 19.5 Å². The first-order valence-electron chi connectivity index (χ1n) is 8.97. The molecule has 0 aliphatic carbocycles. The molecule has 0 saturated carbocycles. The van der Waals surface area contributed by atoms with Crippen LogP contribution in [0.25, 0.3) is 0 Å². The zero-order valence-corrected chi connectivity index (χ0v) is 16.2. The number of benzene rings is 2. The molecule has 0 fully saturated rings. The smallest absolute Gasteiger partial charge is 0.346 e. The van der Waals surface area contributed by atoms with Gasteiger partial charge in [0.25, 0.3) is 11.6 Å². The van der Waals surface area contributed by atoms with Crippen LogP contribution in [0.1, 0.15) is 34.6 Å². The van der Waals surface area contributed by atoms with Crippen LogP contribution in [0.4, 0.5) is 11.4 Å². The number of ether oxygens (including phenoxy) is 3. The number of rotatable bonds is 6. The monoisotopic (exact) mass is 414 g/mol. The first-order chi connectivity index (χ1) is 14.3. The predicted octanol–water partition coefficient (Wildman–Crippen LogP) is 2.75. The molecule has 2 aromatic carbocycles. The van der Waals surface area contributed by atoms with Gasteiger partial charge in [0, 0.05) is 17.3 Å². The average molecular weight is 414 g/mol. The Hall–Kier alpha value is -3.95. The molecule has 3 rings (SSSR count). The van der Waals surface area contributed by atoms with E-state index in [0.29, 0.717) is 11.3 Å². The summed E-state index contributed by atoms with van der Waals surface area (Å²) in [6, 6.07) is 8.51. The number of nitro groups is 1. The number of hydrogen-bond acceptors (Lipinski definition) is 8. The van der Waals surface area contributed by atoms with Gasteiger partial charge in [-0.05, 0) is 26.0 Å². The molecule has 156 valence electrons. The molecule has 1 atom stereocenters. The summed E-state index contributed by atoms with van der Waals surface area (Å²) >= 11 is 0. The summed E-state index contributed by atoms with van der Waals surface area (Å²) in [5, 5.41) is 13.9. The number of nitrogens with zero attached hydrogens (tertiary/aromatic N) is 1. The van der Waals surface area contributed by atoms with Crippen molar-refractivity contribution < 1.29 is 33.5 Å². The van der Waals surface area contributed by atoms with E-state index >= 15 is 0 Å². The Morgan fingerprint density at radius 2 is 1.80 bits per heavy atom. The lowest BCUT2D eigenvalue weighted by Gasteiger charge is -2.19. The Kier molecular flexibility index (Phi) is 5.95. The fourth-order valence-corrected chi connectivity index (χ4v) is 2.73. The van der Waals surface area contributed by atoms with Crippen molar-refractivity contribution in [3.05, 3.63) is 57.6 Å². The molecule has 0 radical (unpaired) electrons. The number of carbonyl (C=O) groups excluding carboxylic acids is 3. The zero-order valence-electron chi connectivity index (χ0n) is 16.2. The summed E-state index contributed by atoms with van der Waals surface area (Å²) in [6.45, 7) is 3.19. The van der Waals surface area contributed by atoms with Gasteiger partial charge in [-0.25, -0.2) is 4.79 Å². The fourth-order valence-electron chi connectivity index (χ4n) is 2.73. The summed E-state index contributed by atoms with van der Waals surface area (Å²) in [5.41, 5.74) is -0.126. The summed E-state index contributed by atoms with van der Waals surface area (Å²) in [5.74, 6) is -1.56. The Balaban J connectivity index is 1.75. The van der Waals surface area contributed by atoms with E-state index in [-0.39, 0.29) is 36.1 Å². The largest absolute Gasteiger partial charge is 0.486 e. The van der Waals surface area contributed by atoms with Crippen LogP contribution in [-0.4, -0.2) is 41.9 Å². The van der Waals surface area contributed by atoms with Crippen molar-refractivity contribution in [3.63, 3.8) is 0 Å². The van der Waals surface area contributed by atoms with E-state index in [1.807, 2.05) is 0 Å². The Morgan fingerprint density at radius 3 is 2.43 bits per heavy atom. The molecule has 30 heavy (non-hydrogen) atoms. The van der Waals surface area contributed by atoms with Gasteiger partial charge >= 0.3 is 5.97 Å². The number of carbonyl (C=O) groups is 3. The van der Waals surface area contributed by atoms with Crippen LogP contribution >= 0.6 is 0 Å². The number of hydrogen-bond donors (Lipinski definition) is 1. The van der Waals surface area contributed by atoms with Crippen LogP contribution in [0, 0.1) is 10.1 Å².